The monoisotopic (exact) mass is 529 g/mol. The summed E-state index contributed by atoms with van der Waals surface area (Å²) in [4.78, 5) is 41.4. The molecule has 176 valence electrons. The third-order valence-electron chi connectivity index (χ3n) is 7.61. The summed E-state index contributed by atoms with van der Waals surface area (Å²) < 4.78 is 4.51. The normalized spacial score (nSPS) is 25.8. The van der Waals surface area contributed by atoms with Crippen molar-refractivity contribution in [2.24, 2.45) is 11.8 Å². The molecule has 1 aliphatic heterocycles. The largest absolute Gasteiger partial charge is 0.462 e. The van der Waals surface area contributed by atoms with Gasteiger partial charge in [0.15, 0.2) is 0 Å². The van der Waals surface area contributed by atoms with E-state index < -0.39 is 22.1 Å². The topological polar surface area (TPSA) is 63.7 Å². The number of ether oxygens (including phenoxy) is 1. The van der Waals surface area contributed by atoms with Gasteiger partial charge in [0.1, 0.15) is 0 Å². The molecule has 5 nitrogen and oxygen atoms in total. The van der Waals surface area contributed by atoms with Crippen molar-refractivity contribution in [1.82, 2.24) is 0 Å². The van der Waals surface area contributed by atoms with Gasteiger partial charge in [-0.1, -0.05) is 77.8 Å². The lowest BCUT2D eigenvalue weighted by molar-refractivity contribution is -0.122. The fourth-order valence-corrected chi connectivity index (χ4v) is 7.28. The van der Waals surface area contributed by atoms with E-state index in [0.29, 0.717) is 17.9 Å². The Morgan fingerprint density at radius 3 is 2.11 bits per heavy atom. The number of amides is 2. The molecule has 3 aliphatic carbocycles. The Balaban J connectivity index is 1.39. The molecule has 1 heterocycles. The van der Waals surface area contributed by atoms with Gasteiger partial charge in [-0.3, -0.25) is 9.59 Å². The van der Waals surface area contributed by atoms with Crippen LogP contribution in [-0.4, -0.2) is 24.4 Å². The standard InChI is InChI=1S/C29H24BrNO4/c1-2-3-16-35-28(34)17-12-14-18(15-13-17)31-26(32)24-23-19-8-4-6-10-21(19)29(30,25(24)27(31)33)22-11-7-5-9-20(22)23/h4-15,23-25H,2-3,16H2,1H3/t23?,24-,25-,29?/m1/s1. The molecular formula is C29H24BrNO4. The number of nitrogens with zero attached hydrogens (tertiary/aromatic N) is 1. The van der Waals surface area contributed by atoms with Gasteiger partial charge < -0.3 is 4.74 Å². The molecule has 2 atom stereocenters. The molecule has 0 aromatic heterocycles. The Morgan fingerprint density at radius 2 is 1.51 bits per heavy atom. The lowest BCUT2D eigenvalue weighted by Gasteiger charge is -2.51. The summed E-state index contributed by atoms with van der Waals surface area (Å²) in [7, 11) is 0. The van der Waals surface area contributed by atoms with Gasteiger partial charge in [0.05, 0.1) is 34.0 Å². The van der Waals surface area contributed by atoms with Gasteiger partial charge in [-0.15, -0.1) is 0 Å². The van der Waals surface area contributed by atoms with Crippen molar-refractivity contribution in [1.29, 1.82) is 0 Å². The fourth-order valence-electron chi connectivity index (χ4n) is 6.07. The maximum absolute atomic E-state index is 13.9. The number of unbranched alkanes of at least 4 members (excludes halogenated alkanes) is 1. The van der Waals surface area contributed by atoms with Crippen LogP contribution in [0.15, 0.2) is 72.8 Å². The Bertz CT molecular complexity index is 1320. The average Bonchev–Trinajstić information content (AvgIpc) is 3.16. The zero-order chi connectivity index (χ0) is 24.3. The molecule has 0 spiro atoms. The molecule has 6 heteroatoms. The number of hydrogen-bond acceptors (Lipinski definition) is 4. The molecule has 35 heavy (non-hydrogen) atoms. The maximum Gasteiger partial charge on any atom is 0.338 e. The second-order valence-corrected chi connectivity index (χ2v) is 10.7. The molecule has 1 saturated heterocycles. The molecule has 2 bridgehead atoms. The number of halogens is 1. The van der Waals surface area contributed by atoms with E-state index in [4.69, 9.17) is 4.74 Å². The highest BCUT2D eigenvalue weighted by Gasteiger charge is 2.67. The smallest absolute Gasteiger partial charge is 0.338 e. The van der Waals surface area contributed by atoms with Crippen molar-refractivity contribution < 1.29 is 19.1 Å². The van der Waals surface area contributed by atoms with Crippen LogP contribution in [0.4, 0.5) is 5.69 Å². The van der Waals surface area contributed by atoms with E-state index in [1.165, 1.54) is 4.90 Å². The Hall–Kier alpha value is -3.25. The van der Waals surface area contributed by atoms with Crippen LogP contribution in [0.2, 0.25) is 0 Å². The minimum Gasteiger partial charge on any atom is -0.462 e. The minimum absolute atomic E-state index is 0.180. The molecule has 7 rings (SSSR count). The Morgan fingerprint density at radius 1 is 0.914 bits per heavy atom. The van der Waals surface area contributed by atoms with Gasteiger partial charge in [-0.25, -0.2) is 9.69 Å². The van der Waals surface area contributed by atoms with Gasteiger partial charge >= 0.3 is 5.97 Å². The van der Waals surface area contributed by atoms with E-state index in [-0.39, 0.29) is 17.7 Å². The lowest BCUT2D eigenvalue weighted by atomic mass is 9.55. The summed E-state index contributed by atoms with van der Waals surface area (Å²) in [5, 5.41) is 0. The third kappa shape index (κ3) is 3.02. The van der Waals surface area contributed by atoms with E-state index in [9.17, 15) is 14.4 Å². The van der Waals surface area contributed by atoms with Crippen LogP contribution in [0, 0.1) is 11.8 Å². The third-order valence-corrected chi connectivity index (χ3v) is 8.95. The first-order valence-corrected chi connectivity index (χ1v) is 12.8. The second kappa shape index (κ2) is 8.16. The maximum atomic E-state index is 13.9. The Labute approximate surface area is 212 Å². The number of rotatable bonds is 5. The van der Waals surface area contributed by atoms with E-state index in [1.54, 1.807) is 24.3 Å². The quantitative estimate of drug-likeness (QED) is 0.188. The van der Waals surface area contributed by atoms with Crippen LogP contribution in [-0.2, 0) is 18.7 Å². The van der Waals surface area contributed by atoms with E-state index in [1.807, 2.05) is 31.2 Å². The zero-order valence-electron chi connectivity index (χ0n) is 19.2. The van der Waals surface area contributed by atoms with Gasteiger partial charge in [-0.2, -0.15) is 0 Å². The summed E-state index contributed by atoms with van der Waals surface area (Å²) in [6.07, 6.45) is 1.75. The molecule has 3 aromatic carbocycles. The average molecular weight is 530 g/mol. The fraction of sp³-hybridized carbons (Fsp3) is 0.276. The number of esters is 1. The summed E-state index contributed by atoms with van der Waals surface area (Å²) >= 11 is 4.00. The molecule has 0 N–H and O–H groups in total. The first-order chi connectivity index (χ1) is 17.0. The van der Waals surface area contributed by atoms with Crippen LogP contribution < -0.4 is 4.90 Å². The highest BCUT2D eigenvalue weighted by molar-refractivity contribution is 9.09. The van der Waals surface area contributed by atoms with Crippen molar-refractivity contribution in [2.75, 3.05) is 11.5 Å². The minimum atomic E-state index is -0.774. The van der Waals surface area contributed by atoms with Gasteiger partial charge in [0.2, 0.25) is 11.8 Å². The molecule has 2 amide bonds. The summed E-state index contributed by atoms with van der Waals surface area (Å²) in [5.41, 5.74) is 5.17. The number of carbonyl (C=O) groups excluding carboxylic acids is 3. The summed E-state index contributed by atoms with van der Waals surface area (Å²) in [6.45, 7) is 2.41. The predicted molar refractivity (Wildman–Crippen MR) is 136 cm³/mol. The molecule has 3 aromatic rings. The number of imide groups is 1. The van der Waals surface area contributed by atoms with Crippen LogP contribution in [0.1, 0.15) is 58.3 Å². The number of hydrogen-bond donors (Lipinski definition) is 0. The van der Waals surface area contributed by atoms with Crippen molar-refractivity contribution >= 4 is 39.4 Å². The van der Waals surface area contributed by atoms with Gasteiger partial charge in [0, 0.05) is 5.92 Å². The van der Waals surface area contributed by atoms with Crippen LogP contribution in [0.3, 0.4) is 0 Å². The van der Waals surface area contributed by atoms with E-state index in [0.717, 1.165) is 35.1 Å². The number of anilines is 1. The van der Waals surface area contributed by atoms with E-state index >= 15 is 0 Å². The molecule has 4 aliphatic rings. The molecule has 0 unspecified atom stereocenters. The summed E-state index contributed by atoms with van der Waals surface area (Å²) in [5.74, 6) is -2.05. The van der Waals surface area contributed by atoms with E-state index in [2.05, 4.69) is 40.2 Å². The molecule has 1 fully saturated rings. The molecular weight excluding hydrogens is 506 g/mol. The van der Waals surface area contributed by atoms with Gasteiger partial charge in [-0.05, 0) is 52.9 Å². The predicted octanol–water partition coefficient (Wildman–Crippen LogP) is 5.55. The first-order valence-electron chi connectivity index (χ1n) is 12.0. The number of benzene rings is 3. The van der Waals surface area contributed by atoms with Crippen LogP contribution in [0.25, 0.3) is 0 Å². The second-order valence-electron chi connectivity index (χ2n) is 9.42. The van der Waals surface area contributed by atoms with Crippen LogP contribution >= 0.6 is 15.9 Å². The molecule has 0 radical (unpaired) electrons. The van der Waals surface area contributed by atoms with Crippen LogP contribution in [0.5, 0.6) is 0 Å². The highest BCUT2D eigenvalue weighted by atomic mass is 79.9. The molecule has 0 saturated carbocycles. The first kappa shape index (κ1) is 22.2. The van der Waals surface area contributed by atoms with Gasteiger partial charge in [0.25, 0.3) is 0 Å². The number of alkyl halides is 1. The Kier molecular flexibility index (Phi) is 5.18. The van der Waals surface area contributed by atoms with Crippen molar-refractivity contribution in [2.45, 2.75) is 30.0 Å². The number of carbonyl (C=O) groups is 3. The zero-order valence-corrected chi connectivity index (χ0v) is 20.8. The SMILES string of the molecule is CCCCOC(=O)c1ccc(N2C(=O)[C@@H]3C4c5ccccc5C(Br)(c5ccccc54)[C@H]3C2=O)cc1. The highest BCUT2D eigenvalue weighted by Crippen LogP contribution is 2.66. The summed E-state index contributed by atoms with van der Waals surface area (Å²) in [6, 6.07) is 22.8. The van der Waals surface area contributed by atoms with Crippen molar-refractivity contribution in [3.63, 3.8) is 0 Å². The lowest BCUT2D eigenvalue weighted by Crippen LogP contribution is -2.50. The van der Waals surface area contributed by atoms with Crippen molar-refractivity contribution in [3.8, 4) is 0 Å². The van der Waals surface area contributed by atoms with Crippen molar-refractivity contribution in [3.05, 3.63) is 101 Å².